The first-order valence-corrected chi connectivity index (χ1v) is 6.48. The number of nitrogens with one attached hydrogen (secondary N) is 1. The van der Waals surface area contributed by atoms with Crippen LogP contribution in [-0.2, 0) is 11.8 Å². The molecule has 0 bridgehead atoms. The van der Waals surface area contributed by atoms with Gasteiger partial charge in [-0.25, -0.2) is 8.78 Å². The lowest BCUT2D eigenvalue weighted by Gasteiger charge is -2.05. The Morgan fingerprint density at radius 1 is 1.35 bits per heavy atom. The van der Waals surface area contributed by atoms with E-state index in [-0.39, 0.29) is 17.4 Å². The van der Waals surface area contributed by atoms with Gasteiger partial charge in [0.05, 0.1) is 5.75 Å². The molecule has 20 heavy (non-hydrogen) atoms. The summed E-state index contributed by atoms with van der Waals surface area (Å²) in [7, 11) is 1.66. The lowest BCUT2D eigenvalue weighted by Crippen LogP contribution is -2.14. The highest BCUT2D eigenvalue weighted by Crippen LogP contribution is 2.17. The normalized spacial score (nSPS) is 10.6. The number of benzene rings is 1. The van der Waals surface area contributed by atoms with Crippen LogP contribution in [0.4, 0.5) is 20.4 Å². The van der Waals surface area contributed by atoms with Crippen LogP contribution in [0.2, 0.25) is 0 Å². The summed E-state index contributed by atoms with van der Waals surface area (Å²) in [4.78, 5) is 11.7. The van der Waals surface area contributed by atoms with Crippen LogP contribution < -0.4 is 11.1 Å². The molecule has 0 fully saturated rings. The molecule has 6 nitrogen and oxygen atoms in total. The second kappa shape index (κ2) is 5.87. The molecule has 0 atom stereocenters. The third kappa shape index (κ3) is 3.44. The number of nitrogen functional groups attached to an aromatic ring is 1. The van der Waals surface area contributed by atoms with Crippen LogP contribution in [0.5, 0.6) is 0 Å². The van der Waals surface area contributed by atoms with Gasteiger partial charge in [-0.15, -0.1) is 10.2 Å². The van der Waals surface area contributed by atoms with Gasteiger partial charge in [0.1, 0.15) is 11.6 Å². The van der Waals surface area contributed by atoms with Crippen LogP contribution >= 0.6 is 11.8 Å². The molecule has 0 radical (unpaired) electrons. The average Bonchev–Trinajstić information content (AvgIpc) is 2.66. The van der Waals surface area contributed by atoms with Crippen LogP contribution in [0.3, 0.4) is 0 Å². The number of thioether (sulfide) groups is 1. The number of halogens is 2. The van der Waals surface area contributed by atoms with Crippen molar-refractivity contribution in [3.63, 3.8) is 0 Å². The number of anilines is 2. The van der Waals surface area contributed by atoms with Crippen LogP contribution in [0.15, 0.2) is 23.4 Å². The maximum Gasteiger partial charge on any atom is 0.234 e. The molecule has 1 heterocycles. The third-order valence-electron chi connectivity index (χ3n) is 2.35. The minimum absolute atomic E-state index is 0.0180. The molecule has 3 N–H and O–H groups in total. The minimum atomic E-state index is -0.756. The van der Waals surface area contributed by atoms with Crippen molar-refractivity contribution in [1.82, 2.24) is 14.8 Å². The summed E-state index contributed by atoms with van der Waals surface area (Å²) in [5.41, 5.74) is 5.56. The number of carbonyl (C=O) groups is 1. The first-order chi connectivity index (χ1) is 9.45. The summed E-state index contributed by atoms with van der Waals surface area (Å²) in [6, 6.07) is 2.80. The summed E-state index contributed by atoms with van der Waals surface area (Å²) in [5.74, 6) is -1.67. The highest BCUT2D eigenvalue weighted by molar-refractivity contribution is 7.99. The average molecular weight is 299 g/mol. The SMILES string of the molecule is Cn1c(N)nnc1SCC(=O)Nc1cc(F)cc(F)c1. The number of hydrogen-bond donors (Lipinski definition) is 2. The van der Waals surface area contributed by atoms with Crippen molar-refractivity contribution in [2.45, 2.75) is 5.16 Å². The molecule has 0 unspecified atom stereocenters. The Kier molecular flexibility index (Phi) is 4.18. The molecule has 1 aromatic heterocycles. The first-order valence-electron chi connectivity index (χ1n) is 5.49. The van der Waals surface area contributed by atoms with Gasteiger partial charge in [-0.05, 0) is 12.1 Å². The number of carbonyl (C=O) groups excluding carboxylic acids is 1. The van der Waals surface area contributed by atoms with Crippen molar-refractivity contribution in [2.75, 3.05) is 16.8 Å². The molecule has 0 spiro atoms. The molecule has 1 amide bonds. The molecule has 0 saturated heterocycles. The van der Waals surface area contributed by atoms with Gasteiger partial charge >= 0.3 is 0 Å². The molecular weight excluding hydrogens is 288 g/mol. The third-order valence-corrected chi connectivity index (χ3v) is 3.37. The Labute approximate surface area is 117 Å². The molecule has 2 aromatic rings. The predicted molar refractivity (Wildman–Crippen MR) is 71.1 cm³/mol. The molecule has 0 aliphatic rings. The molecule has 0 aliphatic carbocycles. The Hall–Kier alpha value is -2.16. The van der Waals surface area contributed by atoms with Crippen LogP contribution in [-0.4, -0.2) is 26.4 Å². The largest absolute Gasteiger partial charge is 0.368 e. The zero-order valence-electron chi connectivity index (χ0n) is 10.4. The number of amides is 1. The molecule has 0 saturated carbocycles. The van der Waals surface area contributed by atoms with E-state index < -0.39 is 17.5 Å². The van der Waals surface area contributed by atoms with Crippen molar-refractivity contribution < 1.29 is 13.6 Å². The number of aromatic nitrogens is 3. The van der Waals surface area contributed by atoms with Crippen molar-refractivity contribution in [3.05, 3.63) is 29.8 Å². The van der Waals surface area contributed by atoms with Crippen molar-refractivity contribution in [2.24, 2.45) is 7.05 Å². The second-order valence-corrected chi connectivity index (χ2v) is 4.84. The quantitative estimate of drug-likeness (QED) is 0.834. The standard InChI is InChI=1S/C11H11F2N5OS/c1-18-10(14)16-17-11(18)20-5-9(19)15-8-3-6(12)2-7(13)4-8/h2-4H,5H2,1H3,(H2,14,16)(H,15,19). The smallest absolute Gasteiger partial charge is 0.234 e. The van der Waals surface area contributed by atoms with Crippen LogP contribution in [0.1, 0.15) is 0 Å². The predicted octanol–water partition coefficient (Wildman–Crippen LogP) is 1.41. The van der Waals surface area contributed by atoms with Gasteiger partial charge < -0.3 is 11.1 Å². The van der Waals surface area contributed by atoms with E-state index >= 15 is 0 Å². The Morgan fingerprint density at radius 3 is 2.55 bits per heavy atom. The van der Waals surface area contributed by atoms with Gasteiger partial charge in [-0.2, -0.15) is 0 Å². The van der Waals surface area contributed by atoms with Gasteiger partial charge in [0.15, 0.2) is 5.16 Å². The fourth-order valence-electron chi connectivity index (χ4n) is 1.41. The molecule has 0 aliphatic heterocycles. The van der Waals surface area contributed by atoms with E-state index in [0.29, 0.717) is 5.16 Å². The van der Waals surface area contributed by atoms with Gasteiger partial charge in [0.25, 0.3) is 0 Å². The number of nitrogens with two attached hydrogens (primary N) is 1. The Balaban J connectivity index is 1.94. The second-order valence-electron chi connectivity index (χ2n) is 3.89. The molecule has 2 rings (SSSR count). The summed E-state index contributed by atoms with van der Waals surface area (Å²) in [6.07, 6.45) is 0. The van der Waals surface area contributed by atoms with E-state index in [1.54, 1.807) is 7.05 Å². The van der Waals surface area contributed by atoms with E-state index in [4.69, 9.17) is 5.73 Å². The zero-order valence-corrected chi connectivity index (χ0v) is 11.2. The Bertz CT molecular complexity index is 625. The monoisotopic (exact) mass is 299 g/mol. The molecule has 9 heteroatoms. The highest BCUT2D eigenvalue weighted by atomic mass is 32.2. The van der Waals surface area contributed by atoms with Gasteiger partial charge in [0.2, 0.25) is 11.9 Å². The summed E-state index contributed by atoms with van der Waals surface area (Å²) in [5, 5.41) is 10.3. The van der Waals surface area contributed by atoms with Gasteiger partial charge in [-0.1, -0.05) is 11.8 Å². The Morgan fingerprint density at radius 2 is 2.00 bits per heavy atom. The lowest BCUT2D eigenvalue weighted by atomic mass is 10.3. The van der Waals surface area contributed by atoms with Crippen molar-refractivity contribution in [1.29, 1.82) is 0 Å². The van der Waals surface area contributed by atoms with Crippen molar-refractivity contribution in [3.8, 4) is 0 Å². The highest BCUT2D eigenvalue weighted by Gasteiger charge is 2.10. The first kappa shape index (κ1) is 14.3. The van der Waals surface area contributed by atoms with E-state index in [1.165, 1.54) is 4.57 Å². The van der Waals surface area contributed by atoms with E-state index in [2.05, 4.69) is 15.5 Å². The molecule has 106 valence electrons. The number of hydrogen-bond acceptors (Lipinski definition) is 5. The molecule has 1 aromatic carbocycles. The van der Waals surface area contributed by atoms with Crippen LogP contribution in [0.25, 0.3) is 0 Å². The van der Waals surface area contributed by atoms with E-state index in [9.17, 15) is 13.6 Å². The van der Waals surface area contributed by atoms with E-state index in [0.717, 1.165) is 30.0 Å². The number of nitrogens with zero attached hydrogens (tertiary/aromatic N) is 3. The van der Waals surface area contributed by atoms with Gasteiger partial charge in [0, 0.05) is 18.8 Å². The lowest BCUT2D eigenvalue weighted by molar-refractivity contribution is -0.113. The topological polar surface area (TPSA) is 85.8 Å². The molecular formula is C11H11F2N5OS. The van der Waals surface area contributed by atoms with E-state index in [1.807, 2.05) is 0 Å². The number of rotatable bonds is 4. The summed E-state index contributed by atoms with van der Waals surface area (Å²) >= 11 is 1.11. The summed E-state index contributed by atoms with van der Waals surface area (Å²) in [6.45, 7) is 0. The fourth-order valence-corrected chi connectivity index (χ4v) is 2.12. The van der Waals surface area contributed by atoms with Gasteiger partial charge in [-0.3, -0.25) is 9.36 Å². The summed E-state index contributed by atoms with van der Waals surface area (Å²) < 4.78 is 27.4. The minimum Gasteiger partial charge on any atom is -0.368 e. The maximum atomic E-state index is 13.0. The van der Waals surface area contributed by atoms with Crippen molar-refractivity contribution >= 4 is 29.3 Å². The zero-order chi connectivity index (χ0) is 14.7. The fraction of sp³-hybridized carbons (Fsp3) is 0.182. The van der Waals surface area contributed by atoms with Crippen LogP contribution in [0, 0.1) is 11.6 Å². The maximum absolute atomic E-state index is 13.0.